The summed E-state index contributed by atoms with van der Waals surface area (Å²) in [5.74, 6) is 0.361. The van der Waals surface area contributed by atoms with E-state index in [9.17, 15) is 14.4 Å². The maximum atomic E-state index is 13.0. The van der Waals surface area contributed by atoms with Crippen LogP contribution in [0.15, 0.2) is 30.3 Å². The number of amides is 4. The molecule has 1 spiro atoms. The Morgan fingerprint density at radius 3 is 2.52 bits per heavy atom. The Morgan fingerprint density at radius 1 is 1.10 bits per heavy atom. The highest BCUT2D eigenvalue weighted by Gasteiger charge is 2.55. The maximum absolute atomic E-state index is 13.0. The molecule has 2 atom stereocenters. The highest BCUT2D eigenvalue weighted by atomic mass is 16.2. The molecule has 6 nitrogen and oxygen atoms in total. The van der Waals surface area contributed by atoms with Gasteiger partial charge in [-0.15, -0.1) is 0 Å². The zero-order chi connectivity index (χ0) is 20.4. The second-order valence-corrected chi connectivity index (χ2v) is 8.95. The van der Waals surface area contributed by atoms with E-state index < -0.39 is 11.6 Å². The summed E-state index contributed by atoms with van der Waals surface area (Å²) in [7, 11) is 0. The average molecular weight is 398 g/mol. The summed E-state index contributed by atoms with van der Waals surface area (Å²) < 4.78 is 0. The Morgan fingerprint density at radius 2 is 1.83 bits per heavy atom. The third-order valence-electron chi connectivity index (χ3n) is 7.13. The summed E-state index contributed by atoms with van der Waals surface area (Å²) in [6, 6.07) is 10.0. The number of urea groups is 1. The molecule has 1 saturated carbocycles. The Balaban J connectivity index is 1.32. The first kappa shape index (κ1) is 19.9. The van der Waals surface area contributed by atoms with Crippen molar-refractivity contribution in [3.05, 3.63) is 35.9 Å². The zero-order valence-corrected chi connectivity index (χ0v) is 17.2. The Labute approximate surface area is 172 Å². The predicted molar refractivity (Wildman–Crippen MR) is 110 cm³/mol. The SMILES string of the molecule is C[C@@H]1CCCC[C@@]12NC(=O)N(CC(=O)N1CCC(Cc3ccccc3)CC1)C2=O. The lowest BCUT2D eigenvalue weighted by Crippen LogP contribution is -2.54. The van der Waals surface area contributed by atoms with Crippen molar-refractivity contribution >= 4 is 17.8 Å². The van der Waals surface area contributed by atoms with Gasteiger partial charge in [-0.1, -0.05) is 50.1 Å². The molecule has 6 heteroatoms. The molecule has 29 heavy (non-hydrogen) atoms. The summed E-state index contributed by atoms with van der Waals surface area (Å²) in [6.07, 6.45) is 6.59. The fourth-order valence-corrected chi connectivity index (χ4v) is 5.21. The number of imide groups is 1. The van der Waals surface area contributed by atoms with Crippen LogP contribution in [-0.4, -0.2) is 52.8 Å². The van der Waals surface area contributed by atoms with Crippen LogP contribution in [0.2, 0.25) is 0 Å². The van der Waals surface area contributed by atoms with Crippen molar-refractivity contribution in [1.29, 1.82) is 0 Å². The van der Waals surface area contributed by atoms with Crippen LogP contribution in [0.25, 0.3) is 0 Å². The number of hydrogen-bond donors (Lipinski definition) is 1. The fraction of sp³-hybridized carbons (Fsp3) is 0.609. The van der Waals surface area contributed by atoms with Crippen molar-refractivity contribution in [2.45, 2.75) is 57.4 Å². The van der Waals surface area contributed by atoms with Crippen molar-refractivity contribution in [3.8, 4) is 0 Å². The molecule has 0 bridgehead atoms. The number of nitrogens with zero attached hydrogens (tertiary/aromatic N) is 2. The van der Waals surface area contributed by atoms with E-state index in [1.54, 1.807) is 0 Å². The molecule has 1 aromatic carbocycles. The van der Waals surface area contributed by atoms with Crippen molar-refractivity contribution < 1.29 is 14.4 Å². The topological polar surface area (TPSA) is 69.7 Å². The van der Waals surface area contributed by atoms with E-state index in [1.165, 1.54) is 5.56 Å². The lowest BCUT2D eigenvalue weighted by molar-refractivity contribution is -0.141. The minimum Gasteiger partial charge on any atom is -0.341 e. The van der Waals surface area contributed by atoms with Crippen LogP contribution >= 0.6 is 0 Å². The molecule has 0 aromatic heterocycles. The van der Waals surface area contributed by atoms with Crippen LogP contribution in [0.5, 0.6) is 0 Å². The third kappa shape index (κ3) is 3.89. The van der Waals surface area contributed by atoms with Crippen LogP contribution in [0.1, 0.15) is 51.0 Å². The van der Waals surface area contributed by atoms with Crippen LogP contribution in [0.4, 0.5) is 4.79 Å². The van der Waals surface area contributed by atoms with Gasteiger partial charge in [0.25, 0.3) is 5.91 Å². The summed E-state index contributed by atoms with van der Waals surface area (Å²) in [6.45, 7) is 3.28. The number of likely N-dealkylation sites (tertiary alicyclic amines) is 1. The summed E-state index contributed by atoms with van der Waals surface area (Å²) in [5.41, 5.74) is 0.543. The molecule has 156 valence electrons. The van der Waals surface area contributed by atoms with Gasteiger partial charge in [-0.25, -0.2) is 4.79 Å². The molecule has 1 aliphatic carbocycles. The smallest absolute Gasteiger partial charge is 0.325 e. The summed E-state index contributed by atoms with van der Waals surface area (Å²) >= 11 is 0. The van der Waals surface area contributed by atoms with Gasteiger partial charge in [0.15, 0.2) is 0 Å². The van der Waals surface area contributed by atoms with Crippen LogP contribution in [-0.2, 0) is 16.0 Å². The summed E-state index contributed by atoms with van der Waals surface area (Å²) in [4.78, 5) is 41.3. The number of carbonyl (C=O) groups is 3. The quantitative estimate of drug-likeness (QED) is 0.794. The number of benzene rings is 1. The first-order valence-corrected chi connectivity index (χ1v) is 11.0. The number of piperidine rings is 1. The highest BCUT2D eigenvalue weighted by Crippen LogP contribution is 2.38. The monoisotopic (exact) mass is 397 g/mol. The van der Waals surface area contributed by atoms with E-state index >= 15 is 0 Å². The van der Waals surface area contributed by atoms with E-state index in [-0.39, 0.29) is 24.3 Å². The number of carbonyl (C=O) groups excluding carboxylic acids is 3. The molecular formula is C23H31N3O3. The van der Waals surface area contributed by atoms with Gasteiger partial charge in [0.1, 0.15) is 12.1 Å². The fourth-order valence-electron chi connectivity index (χ4n) is 5.21. The first-order valence-electron chi connectivity index (χ1n) is 11.0. The minimum absolute atomic E-state index is 0.113. The molecule has 2 aliphatic heterocycles. The van der Waals surface area contributed by atoms with Crippen molar-refractivity contribution in [1.82, 2.24) is 15.1 Å². The molecule has 0 radical (unpaired) electrons. The first-order chi connectivity index (χ1) is 14.0. The lowest BCUT2D eigenvalue weighted by atomic mass is 9.73. The second kappa shape index (κ2) is 8.17. The van der Waals surface area contributed by atoms with E-state index in [1.807, 2.05) is 17.9 Å². The van der Waals surface area contributed by atoms with Crippen molar-refractivity contribution in [2.75, 3.05) is 19.6 Å². The largest absolute Gasteiger partial charge is 0.341 e. The predicted octanol–water partition coefficient (Wildman–Crippen LogP) is 2.97. The Bertz CT molecular complexity index is 773. The molecule has 1 aromatic rings. The van der Waals surface area contributed by atoms with Crippen LogP contribution in [0.3, 0.4) is 0 Å². The molecule has 4 amide bonds. The normalized spacial score (nSPS) is 28.1. The van der Waals surface area contributed by atoms with E-state index in [0.29, 0.717) is 25.4 Å². The zero-order valence-electron chi connectivity index (χ0n) is 17.2. The van der Waals surface area contributed by atoms with Crippen LogP contribution < -0.4 is 5.32 Å². The number of hydrogen-bond acceptors (Lipinski definition) is 3. The van der Waals surface area contributed by atoms with Gasteiger partial charge in [0.05, 0.1) is 0 Å². The van der Waals surface area contributed by atoms with Gasteiger partial charge in [-0.05, 0) is 49.5 Å². The molecule has 3 aliphatic rings. The molecular weight excluding hydrogens is 366 g/mol. The number of nitrogens with one attached hydrogen (secondary N) is 1. The van der Waals surface area contributed by atoms with Crippen LogP contribution in [0, 0.1) is 11.8 Å². The van der Waals surface area contributed by atoms with Gasteiger partial charge in [-0.2, -0.15) is 0 Å². The van der Waals surface area contributed by atoms with E-state index in [4.69, 9.17) is 0 Å². The number of rotatable bonds is 4. The van der Waals surface area contributed by atoms with E-state index in [0.717, 1.165) is 43.4 Å². The van der Waals surface area contributed by atoms with Crippen molar-refractivity contribution in [2.24, 2.45) is 11.8 Å². The third-order valence-corrected chi connectivity index (χ3v) is 7.13. The molecule has 2 heterocycles. The molecule has 0 unspecified atom stereocenters. The standard InChI is InChI=1S/C23H31N3O3/c1-17-7-5-6-12-23(17)21(28)26(22(29)24-23)16-20(27)25-13-10-19(11-14-25)15-18-8-3-2-4-9-18/h2-4,8-9,17,19H,5-7,10-16H2,1H3,(H,24,29)/t17-,23-/m1/s1. The molecule has 2 saturated heterocycles. The second-order valence-electron chi connectivity index (χ2n) is 8.95. The minimum atomic E-state index is -0.793. The van der Waals surface area contributed by atoms with Gasteiger partial charge in [-0.3, -0.25) is 14.5 Å². The van der Waals surface area contributed by atoms with Gasteiger partial charge < -0.3 is 10.2 Å². The molecule has 4 rings (SSSR count). The molecule has 1 N–H and O–H groups in total. The Hall–Kier alpha value is -2.37. The summed E-state index contributed by atoms with van der Waals surface area (Å²) in [5, 5.41) is 2.93. The average Bonchev–Trinajstić information content (AvgIpc) is 2.96. The molecule has 3 fully saturated rings. The van der Waals surface area contributed by atoms with Gasteiger partial charge in [0, 0.05) is 13.1 Å². The highest BCUT2D eigenvalue weighted by molar-refractivity contribution is 6.09. The maximum Gasteiger partial charge on any atom is 0.325 e. The van der Waals surface area contributed by atoms with E-state index in [2.05, 4.69) is 29.6 Å². The van der Waals surface area contributed by atoms with Gasteiger partial charge in [0.2, 0.25) is 5.91 Å². The van der Waals surface area contributed by atoms with Gasteiger partial charge >= 0.3 is 6.03 Å². The Kier molecular flexibility index (Phi) is 5.61. The lowest BCUT2D eigenvalue weighted by Gasteiger charge is -2.37. The van der Waals surface area contributed by atoms with Crippen molar-refractivity contribution in [3.63, 3.8) is 0 Å².